The molecule has 1 saturated heterocycles. The van der Waals surface area contributed by atoms with Crippen LogP contribution in [0.1, 0.15) is 34.8 Å². The summed E-state index contributed by atoms with van der Waals surface area (Å²) in [6.07, 6.45) is -2.74. The fourth-order valence-corrected chi connectivity index (χ4v) is 3.45. The lowest BCUT2D eigenvalue weighted by Crippen LogP contribution is -2.31. The number of rotatable bonds is 6. The first-order valence-corrected chi connectivity index (χ1v) is 9.52. The summed E-state index contributed by atoms with van der Waals surface area (Å²) in [5.74, 6) is -2.16. The van der Waals surface area contributed by atoms with Crippen molar-refractivity contribution in [1.82, 2.24) is 9.88 Å². The summed E-state index contributed by atoms with van der Waals surface area (Å²) in [6.45, 7) is 2.21. The molecular formula is C22H21F3N2O4. The number of ketones is 1. The molecule has 3 rings (SSSR count). The fourth-order valence-electron chi connectivity index (χ4n) is 3.45. The number of methoxy groups -OCH3 is 1. The van der Waals surface area contributed by atoms with E-state index in [0.29, 0.717) is 18.7 Å². The first-order chi connectivity index (χ1) is 14.6. The van der Waals surface area contributed by atoms with Crippen molar-refractivity contribution >= 4 is 17.4 Å². The number of carbonyl (C=O) groups excluding carboxylic acids is 2. The molecule has 1 atom stereocenters. The van der Waals surface area contributed by atoms with Gasteiger partial charge in [-0.1, -0.05) is 12.1 Å². The normalized spacial score (nSPS) is 18.6. The third kappa shape index (κ3) is 4.61. The second-order valence-corrected chi connectivity index (χ2v) is 7.15. The lowest BCUT2D eigenvalue weighted by Gasteiger charge is -2.25. The maximum absolute atomic E-state index is 13.0. The average Bonchev–Trinajstić information content (AvgIpc) is 2.98. The minimum atomic E-state index is -4.52. The van der Waals surface area contributed by atoms with Crippen LogP contribution in [0.5, 0.6) is 0 Å². The summed E-state index contributed by atoms with van der Waals surface area (Å²) in [4.78, 5) is 30.8. The van der Waals surface area contributed by atoms with Gasteiger partial charge in [0.05, 0.1) is 17.2 Å². The molecule has 6 nitrogen and oxygen atoms in total. The number of alkyl halides is 3. The molecule has 1 aromatic carbocycles. The Balaban J connectivity index is 2.11. The van der Waals surface area contributed by atoms with E-state index in [2.05, 4.69) is 4.98 Å². The number of pyridine rings is 1. The van der Waals surface area contributed by atoms with E-state index in [-0.39, 0.29) is 23.2 Å². The van der Waals surface area contributed by atoms with E-state index in [1.807, 2.05) is 0 Å². The number of aliphatic hydroxyl groups excluding tert-OH is 1. The Hall–Kier alpha value is -3.20. The number of Topliss-reactive ketones (excluding diaryl/α,β-unsaturated/α-hetero) is 1. The maximum Gasteiger partial charge on any atom is 0.416 e. The summed E-state index contributed by atoms with van der Waals surface area (Å²) in [6, 6.07) is 6.36. The van der Waals surface area contributed by atoms with E-state index in [1.165, 1.54) is 30.3 Å². The molecule has 1 fully saturated rings. The molecule has 2 heterocycles. The highest BCUT2D eigenvalue weighted by Crippen LogP contribution is 2.40. The number of nitrogens with zero attached hydrogens (tertiary/aromatic N) is 2. The van der Waals surface area contributed by atoms with Gasteiger partial charge in [0.25, 0.3) is 11.7 Å². The highest BCUT2D eigenvalue weighted by atomic mass is 19.4. The molecule has 1 aromatic heterocycles. The number of hydrogen-bond acceptors (Lipinski definition) is 5. The van der Waals surface area contributed by atoms with Crippen LogP contribution in [0.15, 0.2) is 48.2 Å². The van der Waals surface area contributed by atoms with Crippen molar-refractivity contribution in [3.63, 3.8) is 0 Å². The number of likely N-dealkylation sites (tertiary alicyclic amines) is 1. The molecule has 0 spiro atoms. The molecule has 0 radical (unpaired) electrons. The summed E-state index contributed by atoms with van der Waals surface area (Å²) < 4.78 is 43.9. The van der Waals surface area contributed by atoms with Crippen LogP contribution in [0.25, 0.3) is 5.76 Å². The minimum Gasteiger partial charge on any atom is -0.507 e. The van der Waals surface area contributed by atoms with Gasteiger partial charge in [0.1, 0.15) is 5.76 Å². The van der Waals surface area contributed by atoms with E-state index in [4.69, 9.17) is 4.74 Å². The standard InChI is InChI=1S/C22H21F3N2O4/c1-13-4-5-15(12-26-13)19(28)17-18(14-6-8-16(9-7-14)22(23,24)25)27(10-3-11-31-2)21(30)20(17)29/h4-9,12,18,28H,3,10-11H2,1-2H3/b19-17+. The van der Waals surface area contributed by atoms with Crippen molar-refractivity contribution in [2.45, 2.75) is 25.6 Å². The van der Waals surface area contributed by atoms with Crippen LogP contribution in [-0.4, -0.2) is 46.9 Å². The van der Waals surface area contributed by atoms with Gasteiger partial charge < -0.3 is 14.7 Å². The minimum absolute atomic E-state index is 0.132. The Morgan fingerprint density at radius 2 is 1.84 bits per heavy atom. The van der Waals surface area contributed by atoms with E-state index in [1.54, 1.807) is 19.1 Å². The third-order valence-electron chi connectivity index (χ3n) is 5.03. The molecular weight excluding hydrogens is 413 g/mol. The van der Waals surface area contributed by atoms with Gasteiger partial charge in [0.2, 0.25) is 0 Å². The molecule has 1 unspecified atom stereocenters. The predicted octanol–water partition coefficient (Wildman–Crippen LogP) is 3.87. The van der Waals surface area contributed by atoms with Gasteiger partial charge in [-0.2, -0.15) is 13.2 Å². The molecule has 0 bridgehead atoms. The SMILES string of the molecule is COCCCN1C(=O)C(=O)/C(=C(/O)c2ccc(C)nc2)C1c1ccc(C(F)(F)F)cc1. The predicted molar refractivity (Wildman–Crippen MR) is 106 cm³/mol. The van der Waals surface area contributed by atoms with Gasteiger partial charge in [-0.05, 0) is 43.2 Å². The van der Waals surface area contributed by atoms with Gasteiger partial charge >= 0.3 is 6.18 Å². The summed E-state index contributed by atoms with van der Waals surface area (Å²) in [7, 11) is 1.49. The Kier molecular flexibility index (Phi) is 6.45. The Labute approximate surface area is 177 Å². The van der Waals surface area contributed by atoms with Crippen LogP contribution in [0.2, 0.25) is 0 Å². The van der Waals surface area contributed by atoms with Gasteiger partial charge in [-0.25, -0.2) is 0 Å². The molecule has 1 aliphatic rings. The van der Waals surface area contributed by atoms with Crippen LogP contribution in [0.4, 0.5) is 13.2 Å². The quantitative estimate of drug-likeness (QED) is 0.323. The van der Waals surface area contributed by atoms with E-state index in [9.17, 15) is 27.9 Å². The lowest BCUT2D eigenvalue weighted by molar-refractivity contribution is -0.140. The van der Waals surface area contributed by atoms with Crippen LogP contribution in [0.3, 0.4) is 0 Å². The second-order valence-electron chi connectivity index (χ2n) is 7.15. The lowest BCUT2D eigenvalue weighted by atomic mass is 9.95. The number of aliphatic hydroxyl groups is 1. The van der Waals surface area contributed by atoms with E-state index >= 15 is 0 Å². The number of halogens is 3. The third-order valence-corrected chi connectivity index (χ3v) is 5.03. The first kappa shape index (κ1) is 22.5. The van der Waals surface area contributed by atoms with Crippen molar-refractivity contribution in [1.29, 1.82) is 0 Å². The van der Waals surface area contributed by atoms with Gasteiger partial charge in [0, 0.05) is 37.7 Å². The number of hydrogen-bond donors (Lipinski definition) is 1. The molecule has 0 aliphatic carbocycles. The topological polar surface area (TPSA) is 79.7 Å². The van der Waals surface area contributed by atoms with E-state index < -0.39 is 35.2 Å². The number of carbonyl (C=O) groups is 2. The Bertz CT molecular complexity index is 999. The largest absolute Gasteiger partial charge is 0.507 e. The zero-order chi connectivity index (χ0) is 22.8. The first-order valence-electron chi connectivity index (χ1n) is 9.52. The summed E-state index contributed by atoms with van der Waals surface area (Å²) >= 11 is 0. The highest BCUT2D eigenvalue weighted by molar-refractivity contribution is 6.46. The fraction of sp³-hybridized carbons (Fsp3) is 0.318. The van der Waals surface area contributed by atoms with Gasteiger partial charge in [0.15, 0.2) is 0 Å². The van der Waals surface area contributed by atoms with E-state index in [0.717, 1.165) is 12.1 Å². The number of aryl methyl sites for hydroxylation is 1. The Morgan fingerprint density at radius 3 is 2.39 bits per heavy atom. The van der Waals surface area contributed by atoms with Gasteiger partial charge in [-0.15, -0.1) is 0 Å². The number of benzene rings is 1. The van der Waals surface area contributed by atoms with Crippen molar-refractivity contribution in [3.8, 4) is 0 Å². The number of ether oxygens (including phenoxy) is 1. The number of aromatic nitrogens is 1. The molecule has 0 saturated carbocycles. The van der Waals surface area contributed by atoms with Crippen molar-refractivity contribution in [2.75, 3.05) is 20.3 Å². The van der Waals surface area contributed by atoms with Crippen LogP contribution in [0, 0.1) is 6.92 Å². The maximum atomic E-state index is 13.0. The molecule has 1 N–H and O–H groups in total. The summed E-state index contributed by atoms with van der Waals surface area (Å²) in [5, 5.41) is 10.8. The average molecular weight is 434 g/mol. The molecule has 31 heavy (non-hydrogen) atoms. The molecule has 1 aliphatic heterocycles. The molecule has 1 amide bonds. The molecule has 9 heteroatoms. The van der Waals surface area contributed by atoms with Crippen molar-refractivity contribution in [2.24, 2.45) is 0 Å². The zero-order valence-corrected chi connectivity index (χ0v) is 16.9. The number of amides is 1. The highest BCUT2D eigenvalue weighted by Gasteiger charge is 2.46. The monoisotopic (exact) mass is 434 g/mol. The summed E-state index contributed by atoms with van der Waals surface area (Å²) in [5.41, 5.74) is 0.169. The molecule has 164 valence electrons. The van der Waals surface area contributed by atoms with Crippen molar-refractivity contribution < 1.29 is 32.6 Å². The van der Waals surface area contributed by atoms with Gasteiger partial charge in [-0.3, -0.25) is 14.6 Å². The van der Waals surface area contributed by atoms with Crippen LogP contribution in [-0.2, 0) is 20.5 Å². The van der Waals surface area contributed by atoms with Crippen LogP contribution >= 0.6 is 0 Å². The Morgan fingerprint density at radius 1 is 1.16 bits per heavy atom. The zero-order valence-electron chi connectivity index (χ0n) is 16.9. The van der Waals surface area contributed by atoms with Crippen molar-refractivity contribution in [3.05, 3.63) is 70.6 Å². The van der Waals surface area contributed by atoms with Crippen LogP contribution < -0.4 is 0 Å². The molecule has 2 aromatic rings. The second kappa shape index (κ2) is 8.89. The smallest absolute Gasteiger partial charge is 0.416 e.